The Hall–Kier alpha value is -2.01. The number of nitrogens with one attached hydrogen (secondary N) is 1. The molecular weight excluding hydrogens is 252 g/mol. The Labute approximate surface area is 110 Å². The molecule has 5 nitrogen and oxygen atoms in total. The van der Waals surface area contributed by atoms with Crippen molar-refractivity contribution >= 4 is 23.3 Å². The molecule has 3 N–H and O–H groups in total. The molecule has 0 fully saturated rings. The van der Waals surface area contributed by atoms with E-state index in [2.05, 4.69) is 10.4 Å². The molecule has 1 aromatic heterocycles. The van der Waals surface area contributed by atoms with Gasteiger partial charge >= 0.3 is 0 Å². The van der Waals surface area contributed by atoms with Gasteiger partial charge in [0, 0.05) is 23.8 Å². The second-order valence-corrected chi connectivity index (χ2v) is 4.22. The lowest BCUT2D eigenvalue weighted by molar-refractivity contribution is -0.118. The maximum atomic E-state index is 10.7. The summed E-state index contributed by atoms with van der Waals surface area (Å²) < 4.78 is 1.48. The second-order valence-electron chi connectivity index (χ2n) is 3.81. The minimum atomic E-state index is -0.421. The van der Waals surface area contributed by atoms with Gasteiger partial charge < -0.3 is 11.1 Å². The van der Waals surface area contributed by atoms with E-state index in [1.165, 1.54) is 4.68 Å². The van der Waals surface area contributed by atoms with Crippen molar-refractivity contribution in [2.24, 2.45) is 5.73 Å². The predicted molar refractivity (Wildman–Crippen MR) is 70.2 cm³/mol. The Morgan fingerprint density at radius 3 is 2.89 bits per heavy atom. The van der Waals surface area contributed by atoms with Crippen LogP contribution < -0.4 is 11.1 Å². The van der Waals surface area contributed by atoms with Crippen LogP contribution in [0.2, 0.25) is 5.02 Å². The molecule has 0 aliphatic carbocycles. The summed E-state index contributed by atoms with van der Waals surface area (Å²) in [7, 11) is 0. The van der Waals surface area contributed by atoms with Gasteiger partial charge in [-0.25, -0.2) is 0 Å². The number of aromatic nitrogens is 2. The number of hydrogen-bond donors (Lipinski definition) is 2. The summed E-state index contributed by atoms with van der Waals surface area (Å²) in [5.41, 5.74) is 6.07. The van der Waals surface area contributed by atoms with Crippen molar-refractivity contribution in [2.45, 2.75) is 13.1 Å². The van der Waals surface area contributed by atoms with E-state index < -0.39 is 5.91 Å². The van der Waals surface area contributed by atoms with Crippen molar-refractivity contribution in [1.82, 2.24) is 9.78 Å². The van der Waals surface area contributed by atoms with Crippen LogP contribution in [0.15, 0.2) is 36.5 Å². The number of carbonyl (C=O) groups is 1. The minimum absolute atomic E-state index is 0.0772. The summed E-state index contributed by atoms with van der Waals surface area (Å²) >= 11 is 6.04. The zero-order valence-corrected chi connectivity index (χ0v) is 10.4. The molecule has 0 atom stereocenters. The number of benzene rings is 1. The van der Waals surface area contributed by atoms with Crippen LogP contribution in [-0.4, -0.2) is 15.7 Å². The molecule has 0 aliphatic heterocycles. The molecule has 0 aliphatic rings. The molecule has 1 aromatic carbocycles. The van der Waals surface area contributed by atoms with Crippen LogP contribution in [0.25, 0.3) is 0 Å². The third-order valence-electron chi connectivity index (χ3n) is 2.38. The highest BCUT2D eigenvalue weighted by molar-refractivity contribution is 6.31. The van der Waals surface area contributed by atoms with E-state index in [0.29, 0.717) is 17.4 Å². The van der Waals surface area contributed by atoms with Gasteiger partial charge in [-0.15, -0.1) is 0 Å². The Kier molecular flexibility index (Phi) is 3.84. The second kappa shape index (κ2) is 5.55. The number of rotatable bonds is 5. The van der Waals surface area contributed by atoms with E-state index in [1.54, 1.807) is 12.3 Å². The molecule has 94 valence electrons. The zero-order valence-electron chi connectivity index (χ0n) is 9.64. The van der Waals surface area contributed by atoms with E-state index in [9.17, 15) is 4.79 Å². The first-order valence-corrected chi connectivity index (χ1v) is 5.82. The number of primary amides is 1. The van der Waals surface area contributed by atoms with Gasteiger partial charge in [-0.05, 0) is 11.6 Å². The van der Waals surface area contributed by atoms with Crippen LogP contribution in [0.3, 0.4) is 0 Å². The number of anilines is 1. The number of nitrogens with two attached hydrogens (primary N) is 1. The third-order valence-corrected chi connectivity index (χ3v) is 2.75. The largest absolute Gasteiger partial charge is 0.368 e. The average Bonchev–Trinajstić information content (AvgIpc) is 2.75. The molecule has 1 amide bonds. The smallest absolute Gasteiger partial charge is 0.239 e. The fraction of sp³-hybridized carbons (Fsp3) is 0.167. The van der Waals surface area contributed by atoms with Gasteiger partial charge in [-0.3, -0.25) is 9.48 Å². The van der Waals surface area contributed by atoms with Crippen LogP contribution >= 0.6 is 11.6 Å². The van der Waals surface area contributed by atoms with Gasteiger partial charge in [0.25, 0.3) is 0 Å². The third kappa shape index (κ3) is 3.24. The van der Waals surface area contributed by atoms with Crippen LogP contribution in [0.5, 0.6) is 0 Å². The monoisotopic (exact) mass is 264 g/mol. The first-order valence-electron chi connectivity index (χ1n) is 5.44. The minimum Gasteiger partial charge on any atom is -0.368 e. The van der Waals surface area contributed by atoms with E-state index >= 15 is 0 Å². The Bertz CT molecular complexity index is 553. The van der Waals surface area contributed by atoms with Crippen LogP contribution in [0.1, 0.15) is 5.56 Å². The first kappa shape index (κ1) is 12.4. The fourth-order valence-corrected chi connectivity index (χ4v) is 1.73. The van der Waals surface area contributed by atoms with Crippen molar-refractivity contribution in [3.8, 4) is 0 Å². The predicted octanol–water partition coefficient (Wildman–Crippen LogP) is 1.63. The highest BCUT2D eigenvalue weighted by Gasteiger charge is 2.02. The molecule has 2 aromatic rings. The molecule has 0 saturated carbocycles. The molecule has 18 heavy (non-hydrogen) atoms. The van der Waals surface area contributed by atoms with Crippen molar-refractivity contribution in [3.05, 3.63) is 47.1 Å². The molecule has 2 rings (SSSR count). The zero-order chi connectivity index (χ0) is 13.0. The number of nitrogens with zero attached hydrogens (tertiary/aromatic N) is 2. The van der Waals surface area contributed by atoms with E-state index in [4.69, 9.17) is 17.3 Å². The molecule has 6 heteroatoms. The maximum absolute atomic E-state index is 10.7. The van der Waals surface area contributed by atoms with Crippen LogP contribution in [-0.2, 0) is 17.9 Å². The van der Waals surface area contributed by atoms with Crippen LogP contribution in [0, 0.1) is 0 Å². The van der Waals surface area contributed by atoms with Gasteiger partial charge in [-0.2, -0.15) is 5.10 Å². The lowest BCUT2D eigenvalue weighted by Gasteiger charge is -2.05. The van der Waals surface area contributed by atoms with Crippen molar-refractivity contribution in [1.29, 1.82) is 0 Å². The average molecular weight is 265 g/mol. The number of halogens is 1. The number of carbonyl (C=O) groups excluding carboxylic acids is 1. The SMILES string of the molecule is NC(=O)Cn1ccc(NCc2ccccc2Cl)n1. The fourth-order valence-electron chi connectivity index (χ4n) is 1.53. The lowest BCUT2D eigenvalue weighted by atomic mass is 10.2. The Balaban J connectivity index is 1.96. The molecule has 0 bridgehead atoms. The summed E-state index contributed by atoms with van der Waals surface area (Å²) in [5.74, 6) is 0.256. The van der Waals surface area contributed by atoms with Crippen molar-refractivity contribution in [2.75, 3.05) is 5.32 Å². The molecule has 0 unspecified atom stereocenters. The topological polar surface area (TPSA) is 72.9 Å². The van der Waals surface area contributed by atoms with Crippen LogP contribution in [0.4, 0.5) is 5.82 Å². The van der Waals surface area contributed by atoms with Gasteiger partial charge in [0.1, 0.15) is 12.4 Å². The van der Waals surface area contributed by atoms with Gasteiger partial charge in [0.05, 0.1) is 0 Å². The number of hydrogen-bond acceptors (Lipinski definition) is 3. The normalized spacial score (nSPS) is 10.3. The van der Waals surface area contributed by atoms with Gasteiger partial charge in [0.15, 0.2) is 0 Å². The van der Waals surface area contributed by atoms with E-state index in [1.807, 2.05) is 24.3 Å². The highest BCUT2D eigenvalue weighted by atomic mass is 35.5. The summed E-state index contributed by atoms with van der Waals surface area (Å²) in [5, 5.41) is 7.99. The van der Waals surface area contributed by atoms with Gasteiger partial charge in [-0.1, -0.05) is 29.8 Å². The summed E-state index contributed by atoms with van der Waals surface area (Å²) in [6.07, 6.45) is 1.69. The van der Waals surface area contributed by atoms with Crippen molar-refractivity contribution < 1.29 is 4.79 Å². The summed E-state index contributed by atoms with van der Waals surface area (Å²) in [6.45, 7) is 0.654. The number of amides is 1. The molecule has 0 spiro atoms. The quantitative estimate of drug-likeness (QED) is 0.862. The lowest BCUT2D eigenvalue weighted by Crippen LogP contribution is -2.19. The summed E-state index contributed by atoms with van der Waals surface area (Å²) in [6, 6.07) is 9.36. The van der Waals surface area contributed by atoms with Crippen molar-refractivity contribution in [3.63, 3.8) is 0 Å². The molecular formula is C12H13ClN4O. The van der Waals surface area contributed by atoms with Gasteiger partial charge in [0.2, 0.25) is 5.91 Å². The maximum Gasteiger partial charge on any atom is 0.239 e. The molecule has 0 saturated heterocycles. The Morgan fingerprint density at radius 1 is 1.39 bits per heavy atom. The first-order chi connectivity index (χ1) is 8.65. The molecule has 0 radical (unpaired) electrons. The molecule has 1 heterocycles. The highest BCUT2D eigenvalue weighted by Crippen LogP contribution is 2.16. The standard InChI is InChI=1S/C12H13ClN4O/c13-10-4-2-1-3-9(10)7-15-12-5-6-17(16-12)8-11(14)18/h1-6H,7-8H2,(H2,14,18)(H,15,16). The van der Waals surface area contributed by atoms with E-state index in [-0.39, 0.29) is 6.54 Å². The summed E-state index contributed by atoms with van der Waals surface area (Å²) in [4.78, 5) is 10.7. The Morgan fingerprint density at radius 2 is 2.17 bits per heavy atom. The van der Waals surface area contributed by atoms with E-state index in [0.717, 1.165) is 5.56 Å².